The van der Waals surface area contributed by atoms with Gasteiger partial charge in [0, 0.05) is 0 Å². The van der Waals surface area contributed by atoms with Crippen LogP contribution >= 0.6 is 22.6 Å². The van der Waals surface area contributed by atoms with Crippen molar-refractivity contribution >= 4 is 22.6 Å². The summed E-state index contributed by atoms with van der Waals surface area (Å²) in [5, 5.41) is 0. The zero-order chi connectivity index (χ0) is 6.91. The highest BCUT2D eigenvalue weighted by atomic mass is 127. The SMILES string of the molecule is CCC1(I)CCCN1C. The number of likely N-dealkylation sites (tertiary alicyclic amines) is 1. The average molecular weight is 239 g/mol. The Labute approximate surface area is 70.9 Å². The van der Waals surface area contributed by atoms with Crippen LogP contribution in [0.2, 0.25) is 0 Å². The molecule has 1 aliphatic rings. The highest BCUT2D eigenvalue weighted by molar-refractivity contribution is 14.1. The number of hydrogen-bond acceptors (Lipinski definition) is 1. The minimum atomic E-state index is 0.498. The Balaban J connectivity index is 2.56. The monoisotopic (exact) mass is 239 g/mol. The van der Waals surface area contributed by atoms with Crippen LogP contribution < -0.4 is 0 Å². The second kappa shape index (κ2) is 2.74. The van der Waals surface area contributed by atoms with Crippen LogP contribution in [0.4, 0.5) is 0 Å². The van der Waals surface area contributed by atoms with Gasteiger partial charge in [-0.1, -0.05) is 29.5 Å². The van der Waals surface area contributed by atoms with Gasteiger partial charge in [-0.3, -0.25) is 4.90 Å². The number of halogens is 1. The van der Waals surface area contributed by atoms with E-state index in [0.717, 1.165) is 0 Å². The van der Waals surface area contributed by atoms with E-state index in [1.54, 1.807) is 0 Å². The minimum absolute atomic E-state index is 0.498. The maximum absolute atomic E-state index is 2.58. The van der Waals surface area contributed by atoms with E-state index in [9.17, 15) is 0 Å². The molecule has 1 rings (SSSR count). The Morgan fingerprint density at radius 3 is 2.56 bits per heavy atom. The summed E-state index contributed by atoms with van der Waals surface area (Å²) in [6.07, 6.45) is 4.04. The van der Waals surface area contributed by atoms with Gasteiger partial charge in [0.25, 0.3) is 0 Å². The van der Waals surface area contributed by atoms with Gasteiger partial charge in [-0.15, -0.1) is 0 Å². The van der Waals surface area contributed by atoms with Crippen LogP contribution in [0.15, 0.2) is 0 Å². The van der Waals surface area contributed by atoms with Crippen LogP contribution in [0.25, 0.3) is 0 Å². The third kappa shape index (κ3) is 1.40. The molecule has 0 N–H and O–H groups in total. The van der Waals surface area contributed by atoms with Gasteiger partial charge in [-0.05, 0) is 32.9 Å². The van der Waals surface area contributed by atoms with Crippen molar-refractivity contribution in [1.82, 2.24) is 4.90 Å². The molecule has 1 nitrogen and oxygen atoms in total. The summed E-state index contributed by atoms with van der Waals surface area (Å²) in [6.45, 7) is 3.56. The quantitative estimate of drug-likeness (QED) is 0.385. The maximum atomic E-state index is 2.58. The lowest BCUT2D eigenvalue weighted by Crippen LogP contribution is -2.33. The van der Waals surface area contributed by atoms with Crippen molar-refractivity contribution in [3.05, 3.63) is 0 Å². The van der Waals surface area contributed by atoms with Crippen molar-refractivity contribution in [2.75, 3.05) is 13.6 Å². The molecule has 0 saturated carbocycles. The number of alkyl halides is 1. The maximum Gasteiger partial charge on any atom is 0.0725 e. The highest BCUT2D eigenvalue weighted by Gasteiger charge is 2.33. The van der Waals surface area contributed by atoms with E-state index in [-0.39, 0.29) is 0 Å². The molecule has 0 amide bonds. The molecule has 0 aromatic heterocycles. The summed E-state index contributed by atoms with van der Waals surface area (Å²) in [4.78, 5) is 2.47. The Hall–Kier alpha value is 0.690. The molecular weight excluding hydrogens is 225 g/mol. The zero-order valence-corrected chi connectivity index (χ0v) is 8.31. The molecule has 0 spiro atoms. The van der Waals surface area contributed by atoms with Crippen molar-refractivity contribution in [3.8, 4) is 0 Å². The molecule has 0 aromatic rings. The van der Waals surface area contributed by atoms with Crippen LogP contribution in [-0.2, 0) is 0 Å². The van der Waals surface area contributed by atoms with Crippen LogP contribution in [0, 0.1) is 0 Å². The Morgan fingerprint density at radius 1 is 1.67 bits per heavy atom. The summed E-state index contributed by atoms with van der Waals surface area (Å²) in [5.74, 6) is 0. The lowest BCUT2D eigenvalue weighted by Gasteiger charge is -2.28. The normalized spacial score (nSPS) is 37.7. The molecule has 2 heteroatoms. The summed E-state index contributed by atoms with van der Waals surface area (Å²) < 4.78 is 0.498. The first-order valence-corrected chi connectivity index (χ1v) is 4.67. The van der Waals surface area contributed by atoms with E-state index in [4.69, 9.17) is 0 Å². The molecular formula is C7H14IN. The van der Waals surface area contributed by atoms with E-state index in [1.807, 2.05) is 0 Å². The van der Waals surface area contributed by atoms with Crippen LogP contribution in [0.5, 0.6) is 0 Å². The molecule has 0 aliphatic carbocycles. The van der Waals surface area contributed by atoms with Gasteiger partial charge >= 0.3 is 0 Å². The van der Waals surface area contributed by atoms with E-state index in [2.05, 4.69) is 41.5 Å². The van der Waals surface area contributed by atoms with E-state index >= 15 is 0 Å². The van der Waals surface area contributed by atoms with Crippen LogP contribution in [0.1, 0.15) is 26.2 Å². The van der Waals surface area contributed by atoms with E-state index in [0.29, 0.717) is 3.55 Å². The third-order valence-electron chi connectivity index (χ3n) is 2.28. The van der Waals surface area contributed by atoms with Crippen molar-refractivity contribution in [3.63, 3.8) is 0 Å². The lowest BCUT2D eigenvalue weighted by atomic mass is 10.2. The zero-order valence-electron chi connectivity index (χ0n) is 6.15. The first-order valence-electron chi connectivity index (χ1n) is 3.59. The van der Waals surface area contributed by atoms with Gasteiger partial charge in [0.05, 0.1) is 3.55 Å². The first kappa shape index (κ1) is 7.79. The van der Waals surface area contributed by atoms with E-state index < -0.39 is 0 Å². The lowest BCUT2D eigenvalue weighted by molar-refractivity contribution is 0.287. The van der Waals surface area contributed by atoms with Crippen LogP contribution in [0.3, 0.4) is 0 Å². The molecule has 9 heavy (non-hydrogen) atoms. The number of nitrogens with zero attached hydrogens (tertiary/aromatic N) is 1. The van der Waals surface area contributed by atoms with Gasteiger partial charge in [-0.2, -0.15) is 0 Å². The van der Waals surface area contributed by atoms with Gasteiger partial charge < -0.3 is 0 Å². The second-order valence-electron chi connectivity index (χ2n) is 2.80. The fourth-order valence-corrected chi connectivity index (χ4v) is 2.05. The van der Waals surface area contributed by atoms with Gasteiger partial charge in [0.2, 0.25) is 0 Å². The Kier molecular flexibility index (Phi) is 2.37. The number of rotatable bonds is 1. The molecule has 54 valence electrons. The minimum Gasteiger partial charge on any atom is -0.292 e. The molecule has 0 radical (unpaired) electrons. The second-order valence-corrected chi connectivity index (χ2v) is 4.80. The predicted molar refractivity (Wildman–Crippen MR) is 48.9 cm³/mol. The summed E-state index contributed by atoms with van der Waals surface area (Å²) >= 11 is 2.58. The topological polar surface area (TPSA) is 3.24 Å². The van der Waals surface area contributed by atoms with Crippen LogP contribution in [-0.4, -0.2) is 22.0 Å². The summed E-state index contributed by atoms with van der Waals surface area (Å²) in [7, 11) is 2.23. The van der Waals surface area contributed by atoms with Gasteiger partial charge in [-0.25, -0.2) is 0 Å². The molecule has 1 atom stereocenters. The predicted octanol–water partition coefficient (Wildman–Crippen LogP) is 2.25. The smallest absolute Gasteiger partial charge is 0.0725 e. The summed E-state index contributed by atoms with van der Waals surface area (Å²) in [6, 6.07) is 0. The average Bonchev–Trinajstić information content (AvgIpc) is 2.15. The fourth-order valence-electron chi connectivity index (χ4n) is 1.43. The molecule has 1 aliphatic heterocycles. The Bertz CT molecular complexity index is 105. The van der Waals surface area contributed by atoms with Gasteiger partial charge in [0.15, 0.2) is 0 Å². The molecule has 1 saturated heterocycles. The third-order valence-corrected chi connectivity index (χ3v) is 4.40. The standard InChI is InChI=1S/C7H14IN/c1-3-7(8)5-4-6-9(7)2/h3-6H2,1-2H3. The van der Waals surface area contributed by atoms with Crippen molar-refractivity contribution in [2.45, 2.75) is 29.7 Å². The largest absolute Gasteiger partial charge is 0.292 e. The van der Waals surface area contributed by atoms with Crippen molar-refractivity contribution in [2.24, 2.45) is 0 Å². The fraction of sp³-hybridized carbons (Fsp3) is 1.00. The molecule has 1 unspecified atom stereocenters. The molecule has 1 heterocycles. The van der Waals surface area contributed by atoms with Crippen molar-refractivity contribution < 1.29 is 0 Å². The molecule has 0 bridgehead atoms. The molecule has 1 fully saturated rings. The Morgan fingerprint density at radius 2 is 2.33 bits per heavy atom. The van der Waals surface area contributed by atoms with Gasteiger partial charge in [0.1, 0.15) is 0 Å². The highest BCUT2D eigenvalue weighted by Crippen LogP contribution is 2.36. The first-order chi connectivity index (χ1) is 4.19. The van der Waals surface area contributed by atoms with E-state index in [1.165, 1.54) is 25.8 Å². The summed E-state index contributed by atoms with van der Waals surface area (Å²) in [5.41, 5.74) is 0. The number of hydrogen-bond donors (Lipinski definition) is 0. The van der Waals surface area contributed by atoms with Crippen molar-refractivity contribution in [1.29, 1.82) is 0 Å². The molecule has 0 aromatic carbocycles.